The van der Waals surface area contributed by atoms with Crippen LogP contribution in [-0.2, 0) is 4.79 Å². The highest BCUT2D eigenvalue weighted by Gasteiger charge is 2.03. The van der Waals surface area contributed by atoms with Crippen LogP contribution in [0, 0.1) is 0 Å². The van der Waals surface area contributed by atoms with Crippen LogP contribution >= 0.6 is 0 Å². The third kappa shape index (κ3) is 4.21. The van der Waals surface area contributed by atoms with E-state index < -0.39 is 0 Å². The summed E-state index contributed by atoms with van der Waals surface area (Å²) in [5, 5.41) is 5.97. The number of carbonyl (C=O) groups is 1. The molecule has 0 aliphatic carbocycles. The number of benzene rings is 2. The highest BCUT2D eigenvalue weighted by molar-refractivity contribution is 5.92. The van der Waals surface area contributed by atoms with Crippen molar-refractivity contribution in [3.05, 3.63) is 54.6 Å². The summed E-state index contributed by atoms with van der Waals surface area (Å²) in [5.74, 6) is -0.0221. The van der Waals surface area contributed by atoms with Crippen LogP contribution in [0.3, 0.4) is 0 Å². The molecule has 20 heavy (non-hydrogen) atoms. The molecule has 3 nitrogen and oxygen atoms in total. The van der Waals surface area contributed by atoms with Gasteiger partial charge in [-0.25, -0.2) is 0 Å². The Morgan fingerprint density at radius 1 is 0.950 bits per heavy atom. The van der Waals surface area contributed by atoms with E-state index in [4.69, 9.17) is 0 Å². The van der Waals surface area contributed by atoms with Crippen LogP contribution in [0.4, 0.5) is 5.69 Å². The van der Waals surface area contributed by atoms with Gasteiger partial charge in [0.1, 0.15) is 0 Å². The Labute approximate surface area is 120 Å². The van der Waals surface area contributed by atoms with Crippen molar-refractivity contribution in [3.8, 4) is 11.1 Å². The van der Waals surface area contributed by atoms with Crippen molar-refractivity contribution in [2.24, 2.45) is 0 Å². The monoisotopic (exact) mass is 268 g/mol. The summed E-state index contributed by atoms with van der Waals surface area (Å²) in [6.07, 6.45) is 0. The smallest absolute Gasteiger partial charge is 0.238 e. The molecule has 0 spiro atoms. The van der Waals surface area contributed by atoms with Crippen LogP contribution in [0.1, 0.15) is 13.8 Å². The second-order valence-electron chi connectivity index (χ2n) is 5.03. The number of hydrogen-bond donors (Lipinski definition) is 2. The average Bonchev–Trinajstić information content (AvgIpc) is 2.47. The fraction of sp³-hybridized carbons (Fsp3) is 0.235. The normalized spacial score (nSPS) is 10.6. The molecular formula is C17H20N2O. The Bertz CT molecular complexity index is 547. The van der Waals surface area contributed by atoms with Gasteiger partial charge < -0.3 is 10.6 Å². The SMILES string of the molecule is CC(C)NCC(=O)Nc1ccc(-c2ccccc2)cc1. The molecule has 2 aromatic rings. The van der Waals surface area contributed by atoms with Crippen molar-refractivity contribution < 1.29 is 4.79 Å². The Morgan fingerprint density at radius 2 is 1.55 bits per heavy atom. The van der Waals surface area contributed by atoms with Gasteiger partial charge in [-0.1, -0.05) is 56.3 Å². The van der Waals surface area contributed by atoms with E-state index in [1.54, 1.807) is 0 Å². The van der Waals surface area contributed by atoms with Crippen LogP contribution in [0.2, 0.25) is 0 Å². The Balaban J connectivity index is 1.97. The van der Waals surface area contributed by atoms with Crippen LogP contribution in [0.5, 0.6) is 0 Å². The zero-order valence-electron chi connectivity index (χ0n) is 11.9. The number of amides is 1. The van der Waals surface area contributed by atoms with E-state index in [-0.39, 0.29) is 5.91 Å². The molecule has 0 aliphatic rings. The molecule has 0 heterocycles. The quantitative estimate of drug-likeness (QED) is 0.873. The van der Waals surface area contributed by atoms with Crippen molar-refractivity contribution in [2.45, 2.75) is 19.9 Å². The van der Waals surface area contributed by atoms with E-state index in [2.05, 4.69) is 22.8 Å². The van der Waals surface area contributed by atoms with Crippen LogP contribution in [0.25, 0.3) is 11.1 Å². The van der Waals surface area contributed by atoms with Gasteiger partial charge in [0.15, 0.2) is 0 Å². The van der Waals surface area contributed by atoms with Crippen molar-refractivity contribution in [1.82, 2.24) is 5.32 Å². The molecule has 0 fully saturated rings. The molecule has 0 aromatic heterocycles. The summed E-state index contributed by atoms with van der Waals surface area (Å²) in [5.41, 5.74) is 3.14. The molecule has 1 amide bonds. The molecule has 0 bridgehead atoms. The fourth-order valence-electron chi connectivity index (χ4n) is 1.88. The zero-order valence-corrected chi connectivity index (χ0v) is 11.9. The minimum absolute atomic E-state index is 0.0221. The predicted octanol–water partition coefficient (Wildman–Crippen LogP) is 3.29. The van der Waals surface area contributed by atoms with E-state index in [0.29, 0.717) is 12.6 Å². The minimum Gasteiger partial charge on any atom is -0.325 e. The lowest BCUT2D eigenvalue weighted by Crippen LogP contribution is -2.32. The Hall–Kier alpha value is -2.13. The van der Waals surface area contributed by atoms with Crippen LogP contribution in [0.15, 0.2) is 54.6 Å². The standard InChI is InChI=1S/C17H20N2O/c1-13(2)18-12-17(20)19-16-10-8-15(9-11-16)14-6-4-3-5-7-14/h3-11,13,18H,12H2,1-2H3,(H,19,20). The van der Waals surface area contributed by atoms with E-state index in [0.717, 1.165) is 11.3 Å². The van der Waals surface area contributed by atoms with E-state index in [1.165, 1.54) is 5.56 Å². The van der Waals surface area contributed by atoms with Crippen LogP contribution < -0.4 is 10.6 Å². The molecule has 3 heteroatoms. The number of rotatable bonds is 5. The molecule has 2 aromatic carbocycles. The van der Waals surface area contributed by atoms with Gasteiger partial charge in [-0.3, -0.25) is 4.79 Å². The molecule has 0 radical (unpaired) electrons. The summed E-state index contributed by atoms with van der Waals surface area (Å²) in [6, 6.07) is 18.4. The Kier molecular flexibility index (Phi) is 4.91. The molecule has 2 rings (SSSR count). The second kappa shape index (κ2) is 6.87. The maximum atomic E-state index is 11.7. The third-order valence-corrected chi connectivity index (χ3v) is 2.95. The highest BCUT2D eigenvalue weighted by atomic mass is 16.1. The van der Waals surface area contributed by atoms with E-state index >= 15 is 0 Å². The summed E-state index contributed by atoms with van der Waals surface area (Å²) in [6.45, 7) is 4.36. The van der Waals surface area contributed by atoms with Gasteiger partial charge in [-0.05, 0) is 23.3 Å². The molecule has 104 valence electrons. The third-order valence-electron chi connectivity index (χ3n) is 2.95. The van der Waals surface area contributed by atoms with Gasteiger partial charge in [0.05, 0.1) is 6.54 Å². The highest BCUT2D eigenvalue weighted by Crippen LogP contribution is 2.20. The number of hydrogen-bond acceptors (Lipinski definition) is 2. The maximum absolute atomic E-state index is 11.7. The molecule has 0 unspecified atom stereocenters. The Morgan fingerprint density at radius 3 is 2.15 bits per heavy atom. The minimum atomic E-state index is -0.0221. The first-order valence-electron chi connectivity index (χ1n) is 6.84. The fourth-order valence-corrected chi connectivity index (χ4v) is 1.88. The van der Waals surface area contributed by atoms with E-state index in [1.807, 2.05) is 56.3 Å². The number of nitrogens with one attached hydrogen (secondary N) is 2. The molecule has 0 atom stereocenters. The van der Waals surface area contributed by atoms with Crippen LogP contribution in [-0.4, -0.2) is 18.5 Å². The predicted molar refractivity (Wildman–Crippen MR) is 83.6 cm³/mol. The van der Waals surface area contributed by atoms with Gasteiger partial charge in [-0.15, -0.1) is 0 Å². The van der Waals surface area contributed by atoms with Gasteiger partial charge in [0.25, 0.3) is 0 Å². The second-order valence-corrected chi connectivity index (χ2v) is 5.03. The molecular weight excluding hydrogens is 248 g/mol. The summed E-state index contributed by atoms with van der Waals surface area (Å²) in [7, 11) is 0. The first kappa shape index (κ1) is 14.3. The first-order valence-corrected chi connectivity index (χ1v) is 6.84. The van der Waals surface area contributed by atoms with Gasteiger partial charge in [0.2, 0.25) is 5.91 Å². The largest absolute Gasteiger partial charge is 0.325 e. The summed E-state index contributed by atoms with van der Waals surface area (Å²) in [4.78, 5) is 11.7. The number of anilines is 1. The van der Waals surface area contributed by atoms with Gasteiger partial charge >= 0.3 is 0 Å². The maximum Gasteiger partial charge on any atom is 0.238 e. The lowest BCUT2D eigenvalue weighted by molar-refractivity contribution is -0.115. The van der Waals surface area contributed by atoms with Crippen molar-refractivity contribution in [2.75, 3.05) is 11.9 Å². The molecule has 0 saturated carbocycles. The lowest BCUT2D eigenvalue weighted by Gasteiger charge is -2.09. The van der Waals surface area contributed by atoms with Crippen molar-refractivity contribution in [3.63, 3.8) is 0 Å². The summed E-state index contributed by atoms with van der Waals surface area (Å²) < 4.78 is 0. The first-order chi connectivity index (χ1) is 9.65. The lowest BCUT2D eigenvalue weighted by atomic mass is 10.1. The van der Waals surface area contributed by atoms with Gasteiger partial charge in [0, 0.05) is 11.7 Å². The average molecular weight is 268 g/mol. The molecule has 0 aliphatic heterocycles. The molecule has 0 saturated heterocycles. The van der Waals surface area contributed by atoms with Crippen molar-refractivity contribution >= 4 is 11.6 Å². The van der Waals surface area contributed by atoms with E-state index in [9.17, 15) is 4.79 Å². The summed E-state index contributed by atoms with van der Waals surface area (Å²) >= 11 is 0. The van der Waals surface area contributed by atoms with Crippen molar-refractivity contribution in [1.29, 1.82) is 0 Å². The van der Waals surface area contributed by atoms with Gasteiger partial charge in [-0.2, -0.15) is 0 Å². The zero-order chi connectivity index (χ0) is 14.4. The topological polar surface area (TPSA) is 41.1 Å². The molecule has 2 N–H and O–H groups in total. The number of carbonyl (C=O) groups excluding carboxylic acids is 1.